The molecule has 1 fully saturated rings. The van der Waals surface area contributed by atoms with E-state index >= 15 is 0 Å². The first-order valence-corrected chi connectivity index (χ1v) is 9.06. The molecule has 0 aromatic heterocycles. The van der Waals surface area contributed by atoms with E-state index in [-0.39, 0.29) is 17.2 Å². The number of likely N-dealkylation sites (tertiary alicyclic amines) is 1. The minimum atomic E-state index is -4.57. The summed E-state index contributed by atoms with van der Waals surface area (Å²) < 4.78 is 41.6. The summed E-state index contributed by atoms with van der Waals surface area (Å²) in [7, 11) is 1.93. The van der Waals surface area contributed by atoms with Crippen molar-refractivity contribution in [1.29, 1.82) is 0 Å². The number of halogens is 3. The summed E-state index contributed by atoms with van der Waals surface area (Å²) in [5.74, 6) is -1.42. The second-order valence-corrected chi connectivity index (χ2v) is 7.06. The zero-order valence-electron chi connectivity index (χ0n) is 15.2. The third-order valence-corrected chi connectivity index (χ3v) is 5.36. The number of benzene rings is 2. The van der Waals surface area contributed by atoms with Gasteiger partial charge in [0.25, 0.3) is 0 Å². The molecule has 6 heteroatoms. The van der Waals surface area contributed by atoms with Crippen molar-refractivity contribution >= 4 is 5.91 Å². The maximum absolute atomic E-state index is 13.9. The van der Waals surface area contributed by atoms with Gasteiger partial charge in [0, 0.05) is 17.5 Å². The van der Waals surface area contributed by atoms with Crippen LogP contribution in [0, 0.1) is 0 Å². The van der Waals surface area contributed by atoms with Crippen LogP contribution in [0.4, 0.5) is 13.2 Å². The van der Waals surface area contributed by atoms with E-state index in [1.165, 1.54) is 12.1 Å². The lowest BCUT2D eigenvalue weighted by atomic mass is 9.77. The van der Waals surface area contributed by atoms with Crippen LogP contribution in [0.15, 0.2) is 48.5 Å². The van der Waals surface area contributed by atoms with Gasteiger partial charge in [0.2, 0.25) is 5.91 Å². The van der Waals surface area contributed by atoms with Crippen molar-refractivity contribution in [2.75, 3.05) is 13.6 Å². The average molecular weight is 376 g/mol. The molecule has 2 aromatic rings. The molecule has 2 N–H and O–H groups in total. The molecule has 0 spiro atoms. The van der Waals surface area contributed by atoms with Crippen LogP contribution in [0.1, 0.15) is 52.2 Å². The first-order chi connectivity index (χ1) is 12.8. The zero-order chi connectivity index (χ0) is 19.6. The molecule has 1 aliphatic rings. The van der Waals surface area contributed by atoms with Gasteiger partial charge in [-0.25, -0.2) is 0 Å². The molecule has 0 saturated carbocycles. The number of nitrogens with zero attached hydrogens (tertiary/aromatic N) is 1. The summed E-state index contributed by atoms with van der Waals surface area (Å²) in [4.78, 5) is 14.1. The first kappa shape index (κ1) is 19.4. The Morgan fingerprint density at radius 2 is 1.81 bits per heavy atom. The van der Waals surface area contributed by atoms with Crippen LogP contribution in [-0.2, 0) is 6.18 Å². The van der Waals surface area contributed by atoms with Crippen LogP contribution in [0.5, 0.6) is 0 Å². The van der Waals surface area contributed by atoms with Crippen LogP contribution < -0.4 is 5.73 Å². The monoisotopic (exact) mass is 376 g/mol. The number of alkyl halides is 3. The molecule has 0 bridgehead atoms. The quantitative estimate of drug-likeness (QED) is 0.859. The van der Waals surface area contributed by atoms with Crippen molar-refractivity contribution < 1.29 is 18.0 Å². The van der Waals surface area contributed by atoms with E-state index < -0.39 is 23.6 Å². The molecule has 1 saturated heterocycles. The SMILES string of the molecule is CN1CCCC[C@H]1[C@@H](c1ccccc1)c1c(C(N)=O)cccc1C(F)(F)F. The summed E-state index contributed by atoms with van der Waals surface area (Å²) >= 11 is 0. The molecule has 0 radical (unpaired) electrons. The lowest BCUT2D eigenvalue weighted by Crippen LogP contribution is -2.42. The first-order valence-electron chi connectivity index (χ1n) is 9.06. The van der Waals surface area contributed by atoms with E-state index in [1.54, 1.807) is 0 Å². The fourth-order valence-corrected chi connectivity index (χ4v) is 4.13. The number of carbonyl (C=O) groups is 1. The maximum Gasteiger partial charge on any atom is 0.416 e. The number of hydrogen-bond donors (Lipinski definition) is 1. The molecule has 2 aromatic carbocycles. The molecule has 27 heavy (non-hydrogen) atoms. The van der Waals surface area contributed by atoms with Crippen LogP contribution in [0.3, 0.4) is 0 Å². The Hall–Kier alpha value is -2.34. The topological polar surface area (TPSA) is 46.3 Å². The fourth-order valence-electron chi connectivity index (χ4n) is 4.13. The van der Waals surface area contributed by atoms with Crippen LogP contribution in [0.25, 0.3) is 0 Å². The number of primary amides is 1. The van der Waals surface area contributed by atoms with E-state index in [9.17, 15) is 18.0 Å². The van der Waals surface area contributed by atoms with Crippen LogP contribution >= 0.6 is 0 Å². The number of piperidine rings is 1. The van der Waals surface area contributed by atoms with E-state index in [0.717, 1.165) is 37.4 Å². The van der Waals surface area contributed by atoms with E-state index in [4.69, 9.17) is 5.73 Å². The van der Waals surface area contributed by atoms with Gasteiger partial charge in [-0.15, -0.1) is 0 Å². The fraction of sp³-hybridized carbons (Fsp3) is 0.381. The van der Waals surface area contributed by atoms with Crippen molar-refractivity contribution in [3.8, 4) is 0 Å². The van der Waals surface area contributed by atoms with E-state index in [1.807, 2.05) is 37.4 Å². The Balaban J connectivity index is 2.28. The third-order valence-electron chi connectivity index (χ3n) is 5.36. The predicted molar refractivity (Wildman–Crippen MR) is 98.5 cm³/mol. The van der Waals surface area contributed by atoms with Crippen molar-refractivity contribution in [2.45, 2.75) is 37.4 Å². The van der Waals surface area contributed by atoms with Gasteiger partial charge in [-0.1, -0.05) is 42.8 Å². The predicted octanol–water partition coefficient (Wildman–Crippen LogP) is 4.42. The van der Waals surface area contributed by atoms with E-state index in [2.05, 4.69) is 4.90 Å². The minimum Gasteiger partial charge on any atom is -0.366 e. The summed E-state index contributed by atoms with van der Waals surface area (Å²) in [5.41, 5.74) is 5.39. The van der Waals surface area contributed by atoms with Gasteiger partial charge in [0.05, 0.1) is 5.56 Å². The summed E-state index contributed by atoms with van der Waals surface area (Å²) in [5, 5.41) is 0. The van der Waals surface area contributed by atoms with Gasteiger partial charge in [0.1, 0.15) is 0 Å². The smallest absolute Gasteiger partial charge is 0.366 e. The molecule has 0 aliphatic carbocycles. The molecular formula is C21H23F3N2O. The standard InChI is InChI=1S/C21H23F3N2O/c1-26-13-6-5-12-17(26)18(14-8-3-2-4-9-14)19-15(20(25)27)10-7-11-16(19)21(22,23)24/h2-4,7-11,17-18H,5-6,12-13H2,1H3,(H2,25,27)/t17-,18+/m0/s1. The number of carbonyl (C=O) groups excluding carboxylic acids is 1. The highest BCUT2D eigenvalue weighted by atomic mass is 19.4. The Morgan fingerprint density at radius 1 is 1.11 bits per heavy atom. The Labute approximate surface area is 157 Å². The highest BCUT2D eigenvalue weighted by molar-refractivity contribution is 5.95. The molecule has 1 amide bonds. The molecule has 144 valence electrons. The largest absolute Gasteiger partial charge is 0.416 e. The van der Waals surface area contributed by atoms with E-state index in [0.29, 0.717) is 0 Å². The van der Waals surface area contributed by atoms with Gasteiger partial charge in [0.15, 0.2) is 0 Å². The molecular weight excluding hydrogens is 353 g/mol. The van der Waals surface area contributed by atoms with Gasteiger partial charge < -0.3 is 10.6 Å². The van der Waals surface area contributed by atoms with Gasteiger partial charge in [-0.05, 0) is 49.7 Å². The average Bonchev–Trinajstić information content (AvgIpc) is 2.63. The van der Waals surface area contributed by atoms with Crippen molar-refractivity contribution in [1.82, 2.24) is 4.90 Å². The highest BCUT2D eigenvalue weighted by Gasteiger charge is 2.41. The highest BCUT2D eigenvalue weighted by Crippen LogP contribution is 2.43. The molecule has 3 nitrogen and oxygen atoms in total. The molecule has 2 atom stereocenters. The number of likely N-dealkylation sites (N-methyl/N-ethyl adjacent to an activating group) is 1. The molecule has 0 unspecified atom stereocenters. The number of hydrogen-bond acceptors (Lipinski definition) is 2. The Morgan fingerprint density at radius 3 is 2.41 bits per heavy atom. The third kappa shape index (κ3) is 4.00. The summed E-state index contributed by atoms with van der Waals surface area (Å²) in [6.07, 6.45) is -1.85. The summed E-state index contributed by atoms with van der Waals surface area (Å²) in [6.45, 7) is 0.814. The second-order valence-electron chi connectivity index (χ2n) is 7.06. The number of rotatable bonds is 4. The Kier molecular flexibility index (Phi) is 5.56. The van der Waals surface area contributed by atoms with Crippen LogP contribution in [0.2, 0.25) is 0 Å². The number of nitrogens with two attached hydrogens (primary N) is 1. The van der Waals surface area contributed by atoms with Crippen molar-refractivity contribution in [3.63, 3.8) is 0 Å². The normalized spacial score (nSPS) is 19.6. The molecule has 1 heterocycles. The maximum atomic E-state index is 13.9. The molecule has 3 rings (SSSR count). The molecule has 1 aliphatic heterocycles. The summed E-state index contributed by atoms with van der Waals surface area (Å²) in [6, 6.07) is 12.6. The van der Waals surface area contributed by atoms with Crippen molar-refractivity contribution in [2.24, 2.45) is 5.73 Å². The van der Waals surface area contributed by atoms with Gasteiger partial charge in [-0.3, -0.25) is 4.79 Å². The van der Waals surface area contributed by atoms with Crippen molar-refractivity contribution in [3.05, 3.63) is 70.8 Å². The minimum absolute atomic E-state index is 0.0116. The van der Waals surface area contributed by atoms with Crippen LogP contribution in [-0.4, -0.2) is 30.4 Å². The second kappa shape index (κ2) is 7.72. The Bertz CT molecular complexity index is 805. The van der Waals surface area contributed by atoms with Gasteiger partial charge in [-0.2, -0.15) is 13.2 Å². The number of amides is 1. The lowest BCUT2D eigenvalue weighted by molar-refractivity contribution is -0.138. The zero-order valence-corrected chi connectivity index (χ0v) is 15.2. The van der Waals surface area contributed by atoms with Gasteiger partial charge >= 0.3 is 6.18 Å². The lowest BCUT2D eigenvalue weighted by Gasteiger charge is -2.40.